The van der Waals surface area contributed by atoms with Gasteiger partial charge in [0, 0.05) is 17.1 Å². The summed E-state index contributed by atoms with van der Waals surface area (Å²) >= 11 is 0. The van der Waals surface area contributed by atoms with Crippen molar-refractivity contribution in [2.45, 2.75) is 51.6 Å². The van der Waals surface area contributed by atoms with Gasteiger partial charge in [-0.3, -0.25) is 10.2 Å². The maximum absolute atomic E-state index is 13.1. The third-order valence-electron chi connectivity index (χ3n) is 4.99. The molecule has 7 nitrogen and oxygen atoms in total. The minimum Gasteiger partial charge on any atom is -0.307 e. The summed E-state index contributed by atoms with van der Waals surface area (Å²) in [4.78, 5) is 28.5. The Morgan fingerprint density at radius 2 is 1.78 bits per heavy atom. The Morgan fingerprint density at radius 1 is 1.07 bits per heavy atom. The molecule has 2 atom stereocenters. The standard InChI is InChI=1S/C20H24N6O/c1-13-12-14(2)22-18(21-13)25-19-24-16-10-6-7-11-17(16)26(19)20(27)23-15-8-4-3-5-9-15/h3-5,8-9,12,16-17H,6-7,10-11H2,1-2H3,(H,23,27)(H,21,22,24,25)/t16-,17+/m1/s1. The molecule has 0 spiro atoms. The summed E-state index contributed by atoms with van der Waals surface area (Å²) in [5, 5.41) is 6.17. The van der Waals surface area contributed by atoms with Crippen molar-refractivity contribution in [2.75, 3.05) is 10.6 Å². The van der Waals surface area contributed by atoms with Gasteiger partial charge < -0.3 is 5.32 Å². The van der Waals surface area contributed by atoms with Crippen LogP contribution >= 0.6 is 0 Å². The van der Waals surface area contributed by atoms with E-state index in [0.717, 1.165) is 42.8 Å². The van der Waals surface area contributed by atoms with Crippen LogP contribution in [0.5, 0.6) is 0 Å². The molecule has 0 saturated heterocycles. The Morgan fingerprint density at radius 3 is 2.52 bits per heavy atom. The van der Waals surface area contributed by atoms with Gasteiger partial charge in [0.2, 0.25) is 11.9 Å². The Balaban J connectivity index is 1.59. The highest BCUT2D eigenvalue weighted by Crippen LogP contribution is 2.31. The minimum atomic E-state index is -0.175. The van der Waals surface area contributed by atoms with Crippen LogP contribution in [0.25, 0.3) is 0 Å². The van der Waals surface area contributed by atoms with E-state index in [9.17, 15) is 4.79 Å². The van der Waals surface area contributed by atoms with Crippen LogP contribution in [0.15, 0.2) is 41.4 Å². The molecular weight excluding hydrogens is 340 g/mol. The molecule has 2 amide bonds. The van der Waals surface area contributed by atoms with E-state index >= 15 is 0 Å². The number of aryl methyl sites for hydroxylation is 2. The van der Waals surface area contributed by atoms with Crippen molar-refractivity contribution in [1.29, 1.82) is 0 Å². The quantitative estimate of drug-likeness (QED) is 0.851. The zero-order valence-electron chi connectivity index (χ0n) is 15.6. The number of nitrogens with zero attached hydrogens (tertiary/aromatic N) is 4. The highest BCUT2D eigenvalue weighted by molar-refractivity contribution is 6.08. The van der Waals surface area contributed by atoms with E-state index in [1.165, 1.54) is 0 Å². The summed E-state index contributed by atoms with van der Waals surface area (Å²) in [7, 11) is 0. The number of urea groups is 1. The number of aromatic nitrogens is 2. The molecule has 2 aromatic rings. The number of para-hydroxylation sites is 1. The van der Waals surface area contributed by atoms with Crippen LogP contribution < -0.4 is 10.6 Å². The molecular formula is C20H24N6O. The number of fused-ring (bicyclic) bond motifs is 1. The molecule has 1 saturated carbocycles. The molecule has 1 fully saturated rings. The number of aliphatic imine (C=N–C) groups is 1. The zero-order chi connectivity index (χ0) is 18.8. The largest absolute Gasteiger partial charge is 0.328 e. The molecule has 2 heterocycles. The van der Waals surface area contributed by atoms with Crippen LogP contribution in [0, 0.1) is 13.8 Å². The molecule has 0 bridgehead atoms. The van der Waals surface area contributed by atoms with Gasteiger partial charge in [0.05, 0.1) is 12.1 Å². The van der Waals surface area contributed by atoms with Crippen LogP contribution in [-0.4, -0.2) is 38.9 Å². The lowest BCUT2D eigenvalue weighted by molar-refractivity contribution is 0.209. The molecule has 1 aliphatic heterocycles. The lowest BCUT2D eigenvalue weighted by Crippen LogP contribution is -2.49. The summed E-state index contributed by atoms with van der Waals surface area (Å²) < 4.78 is 0. The van der Waals surface area contributed by atoms with Crippen LogP contribution in [0.1, 0.15) is 37.1 Å². The normalized spacial score (nSPS) is 21.4. The number of carbonyl (C=O) groups excluding carboxylic acids is 1. The Bertz CT molecular complexity index is 846. The molecule has 2 aliphatic rings. The van der Waals surface area contributed by atoms with Crippen LogP contribution in [0.3, 0.4) is 0 Å². The van der Waals surface area contributed by atoms with Crippen molar-refractivity contribution in [1.82, 2.24) is 14.9 Å². The van der Waals surface area contributed by atoms with Crippen LogP contribution in [0.2, 0.25) is 0 Å². The van der Waals surface area contributed by atoms with Gasteiger partial charge in [0.1, 0.15) is 0 Å². The number of amides is 2. The summed E-state index contributed by atoms with van der Waals surface area (Å²) in [6.45, 7) is 3.85. The maximum atomic E-state index is 13.1. The van der Waals surface area contributed by atoms with E-state index in [1.807, 2.05) is 50.2 Å². The average molecular weight is 364 g/mol. The summed E-state index contributed by atoms with van der Waals surface area (Å²) in [5.74, 6) is 1.01. The first-order valence-corrected chi connectivity index (χ1v) is 9.42. The molecule has 4 rings (SSSR count). The van der Waals surface area contributed by atoms with E-state index < -0.39 is 0 Å². The van der Waals surface area contributed by atoms with Gasteiger partial charge in [-0.15, -0.1) is 0 Å². The first-order valence-electron chi connectivity index (χ1n) is 9.42. The van der Waals surface area contributed by atoms with E-state index in [-0.39, 0.29) is 18.1 Å². The topological polar surface area (TPSA) is 82.5 Å². The SMILES string of the molecule is Cc1cc(C)nc(NC2=N[C@@H]3CCCC[C@@H]3N2C(=O)Nc2ccccc2)n1. The number of nitrogens with one attached hydrogen (secondary N) is 2. The molecule has 1 aromatic heterocycles. The fourth-order valence-corrected chi connectivity index (χ4v) is 3.85. The highest BCUT2D eigenvalue weighted by Gasteiger charge is 2.41. The van der Waals surface area contributed by atoms with Gasteiger partial charge in [-0.25, -0.2) is 19.8 Å². The van der Waals surface area contributed by atoms with Gasteiger partial charge in [-0.1, -0.05) is 31.0 Å². The minimum absolute atomic E-state index is 0.0795. The number of hydrogen-bond acceptors (Lipinski definition) is 5. The number of rotatable bonds is 2. The third-order valence-corrected chi connectivity index (χ3v) is 4.99. The molecule has 27 heavy (non-hydrogen) atoms. The first kappa shape index (κ1) is 17.5. The van der Waals surface area contributed by atoms with Crippen molar-refractivity contribution in [3.63, 3.8) is 0 Å². The van der Waals surface area contributed by atoms with Crippen molar-refractivity contribution >= 4 is 23.6 Å². The number of carbonyl (C=O) groups is 1. The van der Waals surface area contributed by atoms with E-state index in [2.05, 4.69) is 20.6 Å². The molecule has 1 aromatic carbocycles. The maximum Gasteiger partial charge on any atom is 0.328 e. The number of benzene rings is 1. The molecule has 0 radical (unpaired) electrons. The van der Waals surface area contributed by atoms with Gasteiger partial charge in [0.25, 0.3) is 0 Å². The van der Waals surface area contributed by atoms with Crippen LogP contribution in [0.4, 0.5) is 16.4 Å². The second-order valence-corrected chi connectivity index (χ2v) is 7.14. The number of guanidine groups is 1. The fourth-order valence-electron chi connectivity index (χ4n) is 3.85. The monoisotopic (exact) mass is 364 g/mol. The zero-order valence-corrected chi connectivity index (χ0v) is 15.6. The van der Waals surface area contributed by atoms with Crippen LogP contribution in [-0.2, 0) is 0 Å². The van der Waals surface area contributed by atoms with Gasteiger partial charge in [0.15, 0.2) is 0 Å². The van der Waals surface area contributed by atoms with E-state index in [4.69, 9.17) is 4.99 Å². The Hall–Kier alpha value is -2.96. The molecule has 7 heteroatoms. The van der Waals surface area contributed by atoms with Gasteiger partial charge in [-0.2, -0.15) is 0 Å². The Kier molecular flexibility index (Phi) is 4.75. The van der Waals surface area contributed by atoms with Crippen molar-refractivity contribution < 1.29 is 4.79 Å². The van der Waals surface area contributed by atoms with Crippen molar-refractivity contribution in [2.24, 2.45) is 4.99 Å². The second-order valence-electron chi connectivity index (χ2n) is 7.14. The number of hydrogen-bond donors (Lipinski definition) is 2. The molecule has 1 aliphatic carbocycles. The summed E-state index contributed by atoms with van der Waals surface area (Å²) in [6, 6.07) is 11.4. The summed E-state index contributed by atoms with van der Waals surface area (Å²) in [5.41, 5.74) is 2.52. The molecule has 2 N–H and O–H groups in total. The average Bonchev–Trinajstić information content (AvgIpc) is 2.99. The van der Waals surface area contributed by atoms with Crippen molar-refractivity contribution in [3.05, 3.63) is 47.8 Å². The molecule has 140 valence electrons. The fraction of sp³-hybridized carbons (Fsp3) is 0.400. The predicted molar refractivity (Wildman–Crippen MR) is 106 cm³/mol. The second kappa shape index (κ2) is 7.34. The first-order chi connectivity index (χ1) is 13.1. The third kappa shape index (κ3) is 3.77. The van der Waals surface area contributed by atoms with E-state index in [0.29, 0.717) is 11.9 Å². The lowest BCUT2D eigenvalue weighted by Gasteiger charge is -2.31. The van der Waals surface area contributed by atoms with Gasteiger partial charge >= 0.3 is 6.03 Å². The number of anilines is 2. The predicted octanol–water partition coefficient (Wildman–Crippen LogP) is 3.72. The Labute approximate surface area is 158 Å². The highest BCUT2D eigenvalue weighted by atomic mass is 16.2. The van der Waals surface area contributed by atoms with Crippen molar-refractivity contribution in [3.8, 4) is 0 Å². The lowest BCUT2D eigenvalue weighted by atomic mass is 9.91. The molecule has 0 unspecified atom stereocenters. The van der Waals surface area contributed by atoms with E-state index in [1.54, 1.807) is 4.90 Å². The summed E-state index contributed by atoms with van der Waals surface area (Å²) in [6.07, 6.45) is 4.21. The smallest absolute Gasteiger partial charge is 0.307 e. The van der Waals surface area contributed by atoms with Gasteiger partial charge in [-0.05, 0) is 44.9 Å².